The summed E-state index contributed by atoms with van der Waals surface area (Å²) in [5, 5.41) is 9.28. The topological polar surface area (TPSA) is 136 Å². The molecule has 1 rings (SSSR count). The van der Waals surface area contributed by atoms with Crippen LogP contribution >= 0.6 is 0 Å². The van der Waals surface area contributed by atoms with Crippen molar-refractivity contribution in [2.24, 2.45) is 11.5 Å². The zero-order valence-corrected chi connectivity index (χ0v) is 9.80. The Morgan fingerprint density at radius 3 is 2.17 bits per heavy atom. The highest BCUT2D eigenvalue weighted by Gasteiger charge is 2.12. The maximum Gasteiger partial charge on any atom is 0.231 e. The number of benzene rings is 1. The molecule has 1 aromatic rings. The Kier molecular flexibility index (Phi) is 4.50. The molecule has 7 N–H and O–H groups in total. The third-order valence-electron chi connectivity index (χ3n) is 2.26. The van der Waals surface area contributed by atoms with Crippen LogP contribution in [0.2, 0.25) is 0 Å². The highest BCUT2D eigenvalue weighted by molar-refractivity contribution is 5.79. The van der Waals surface area contributed by atoms with Gasteiger partial charge in [-0.3, -0.25) is 14.5 Å². The lowest BCUT2D eigenvalue weighted by molar-refractivity contribution is -0.122. The zero-order chi connectivity index (χ0) is 13.7. The van der Waals surface area contributed by atoms with E-state index in [1.165, 1.54) is 11.0 Å². The second kappa shape index (κ2) is 5.87. The summed E-state index contributed by atoms with van der Waals surface area (Å²) >= 11 is 0. The Morgan fingerprint density at radius 2 is 1.72 bits per heavy atom. The van der Waals surface area contributed by atoms with Gasteiger partial charge in [0, 0.05) is 6.54 Å². The van der Waals surface area contributed by atoms with E-state index >= 15 is 0 Å². The number of hydrogen-bond acceptors (Lipinski definition) is 5. The van der Waals surface area contributed by atoms with E-state index in [2.05, 4.69) is 0 Å². The molecule has 98 valence electrons. The smallest absolute Gasteiger partial charge is 0.231 e. The minimum Gasteiger partial charge on any atom is -0.506 e. The largest absolute Gasteiger partial charge is 0.506 e. The Morgan fingerprint density at radius 1 is 1.17 bits per heavy atom. The standard InChI is InChI=1S/C11H16N4O3/c12-8-3-7(1-2-9(8)16)4-15(5-10(13)17)6-11(14)18/h1-3,16H,4-6,12H2,(H2,13,17)(H2,14,18). The van der Waals surface area contributed by atoms with Crippen molar-refractivity contribution in [1.29, 1.82) is 0 Å². The fourth-order valence-electron chi connectivity index (χ4n) is 1.57. The molecule has 7 heteroatoms. The maximum absolute atomic E-state index is 10.9. The number of amides is 2. The average Bonchev–Trinajstić information content (AvgIpc) is 2.21. The predicted octanol–water partition coefficient (Wildman–Crippen LogP) is -1.25. The number of carbonyl (C=O) groups excluding carboxylic acids is 2. The summed E-state index contributed by atoms with van der Waals surface area (Å²) in [5.74, 6) is -1.12. The molecule has 0 aliphatic heterocycles. The maximum atomic E-state index is 10.9. The van der Waals surface area contributed by atoms with Crippen molar-refractivity contribution in [3.63, 3.8) is 0 Å². The fraction of sp³-hybridized carbons (Fsp3) is 0.273. The van der Waals surface area contributed by atoms with Crippen LogP contribution < -0.4 is 17.2 Å². The molecule has 0 unspecified atom stereocenters. The Balaban J connectivity index is 2.77. The van der Waals surface area contributed by atoms with Crippen molar-refractivity contribution in [3.8, 4) is 5.75 Å². The number of rotatable bonds is 6. The van der Waals surface area contributed by atoms with E-state index in [9.17, 15) is 14.7 Å². The van der Waals surface area contributed by atoms with Crippen LogP contribution in [0.25, 0.3) is 0 Å². The molecule has 0 heterocycles. The molecule has 2 amide bonds. The first-order valence-electron chi connectivity index (χ1n) is 5.25. The van der Waals surface area contributed by atoms with Crippen LogP contribution in [0.4, 0.5) is 5.69 Å². The minimum absolute atomic E-state index is 0.0184. The zero-order valence-electron chi connectivity index (χ0n) is 9.80. The monoisotopic (exact) mass is 252 g/mol. The van der Waals surface area contributed by atoms with Crippen LogP contribution in [-0.4, -0.2) is 34.9 Å². The number of carbonyl (C=O) groups is 2. The molecule has 7 nitrogen and oxygen atoms in total. The van der Waals surface area contributed by atoms with E-state index in [0.29, 0.717) is 0 Å². The van der Waals surface area contributed by atoms with Gasteiger partial charge in [0.05, 0.1) is 18.8 Å². The van der Waals surface area contributed by atoms with Gasteiger partial charge in [-0.05, 0) is 17.7 Å². The first-order chi connectivity index (χ1) is 8.38. The second-order valence-electron chi connectivity index (χ2n) is 3.97. The minimum atomic E-state index is -0.553. The van der Waals surface area contributed by atoms with Crippen LogP contribution in [0.15, 0.2) is 18.2 Å². The van der Waals surface area contributed by atoms with Crippen molar-refractivity contribution < 1.29 is 14.7 Å². The summed E-state index contributed by atoms with van der Waals surface area (Å²) in [7, 11) is 0. The number of anilines is 1. The van der Waals surface area contributed by atoms with Gasteiger partial charge in [0.25, 0.3) is 0 Å². The lowest BCUT2D eigenvalue weighted by Crippen LogP contribution is -2.39. The lowest BCUT2D eigenvalue weighted by atomic mass is 10.1. The summed E-state index contributed by atoms with van der Waals surface area (Å²) in [6.07, 6.45) is 0. The molecule has 0 aromatic heterocycles. The van der Waals surface area contributed by atoms with Crippen molar-refractivity contribution in [2.45, 2.75) is 6.54 Å². The molecule has 0 fully saturated rings. The van der Waals surface area contributed by atoms with Gasteiger partial charge in [0.2, 0.25) is 11.8 Å². The van der Waals surface area contributed by atoms with Crippen LogP contribution in [-0.2, 0) is 16.1 Å². The van der Waals surface area contributed by atoms with Crippen LogP contribution in [0.5, 0.6) is 5.75 Å². The second-order valence-corrected chi connectivity index (χ2v) is 3.97. The summed E-state index contributed by atoms with van der Waals surface area (Å²) in [5.41, 5.74) is 16.7. The Hall–Kier alpha value is -2.28. The normalized spacial score (nSPS) is 10.5. The van der Waals surface area contributed by atoms with Crippen LogP contribution in [0.3, 0.4) is 0 Å². The number of nitrogens with two attached hydrogens (primary N) is 3. The summed E-state index contributed by atoms with van der Waals surface area (Å²) in [6, 6.07) is 4.64. The number of phenols is 1. The molecule has 1 aromatic carbocycles. The van der Waals surface area contributed by atoms with Crippen molar-refractivity contribution in [3.05, 3.63) is 23.8 Å². The number of phenolic OH excluding ortho intramolecular Hbond substituents is 1. The van der Waals surface area contributed by atoms with Crippen molar-refractivity contribution in [1.82, 2.24) is 4.90 Å². The summed E-state index contributed by atoms with van der Waals surface area (Å²) in [6.45, 7) is 0.129. The molecule has 0 aliphatic carbocycles. The van der Waals surface area contributed by atoms with E-state index in [4.69, 9.17) is 17.2 Å². The predicted molar refractivity (Wildman–Crippen MR) is 66.2 cm³/mol. The van der Waals surface area contributed by atoms with E-state index in [-0.39, 0.29) is 31.1 Å². The molecule has 0 bridgehead atoms. The van der Waals surface area contributed by atoms with E-state index in [1.54, 1.807) is 12.1 Å². The van der Waals surface area contributed by atoms with Gasteiger partial charge in [0.1, 0.15) is 5.75 Å². The fourth-order valence-corrected chi connectivity index (χ4v) is 1.57. The first-order valence-corrected chi connectivity index (χ1v) is 5.25. The molecule has 0 spiro atoms. The lowest BCUT2D eigenvalue weighted by Gasteiger charge is -2.19. The molecule has 0 radical (unpaired) electrons. The third-order valence-corrected chi connectivity index (χ3v) is 2.26. The summed E-state index contributed by atoms with van der Waals surface area (Å²) < 4.78 is 0. The van der Waals surface area contributed by atoms with Crippen molar-refractivity contribution >= 4 is 17.5 Å². The van der Waals surface area contributed by atoms with E-state index in [0.717, 1.165) is 5.56 Å². The number of primary amides is 2. The first kappa shape index (κ1) is 13.8. The number of aromatic hydroxyl groups is 1. The van der Waals surface area contributed by atoms with Gasteiger partial charge in [0.15, 0.2) is 0 Å². The van der Waals surface area contributed by atoms with Crippen LogP contribution in [0.1, 0.15) is 5.56 Å². The van der Waals surface area contributed by atoms with E-state index < -0.39 is 11.8 Å². The molecular weight excluding hydrogens is 236 g/mol. The van der Waals surface area contributed by atoms with Crippen LogP contribution in [0, 0.1) is 0 Å². The SMILES string of the molecule is NC(=O)CN(CC(N)=O)Cc1ccc(O)c(N)c1. The van der Waals surface area contributed by atoms with Gasteiger partial charge in [-0.2, -0.15) is 0 Å². The number of nitrogens with zero attached hydrogens (tertiary/aromatic N) is 1. The quantitative estimate of drug-likeness (QED) is 0.370. The molecule has 0 aliphatic rings. The third kappa shape index (κ3) is 4.30. The van der Waals surface area contributed by atoms with Gasteiger partial charge >= 0.3 is 0 Å². The molecule has 0 atom stereocenters. The van der Waals surface area contributed by atoms with Gasteiger partial charge in [-0.1, -0.05) is 6.07 Å². The molecule has 18 heavy (non-hydrogen) atoms. The summed E-state index contributed by atoms with van der Waals surface area (Å²) in [4.78, 5) is 23.2. The van der Waals surface area contributed by atoms with Gasteiger partial charge in [-0.15, -0.1) is 0 Å². The highest BCUT2D eigenvalue weighted by Crippen LogP contribution is 2.21. The van der Waals surface area contributed by atoms with Gasteiger partial charge in [-0.25, -0.2) is 0 Å². The number of hydrogen-bond donors (Lipinski definition) is 4. The Labute approximate surface area is 104 Å². The van der Waals surface area contributed by atoms with Gasteiger partial charge < -0.3 is 22.3 Å². The van der Waals surface area contributed by atoms with E-state index in [1.807, 2.05) is 0 Å². The highest BCUT2D eigenvalue weighted by atomic mass is 16.3. The molecule has 0 saturated heterocycles. The molecule has 0 saturated carbocycles. The Bertz CT molecular complexity index is 446. The molecular formula is C11H16N4O3. The van der Waals surface area contributed by atoms with Crippen molar-refractivity contribution in [2.75, 3.05) is 18.8 Å². The average molecular weight is 252 g/mol. The number of nitrogen functional groups attached to an aromatic ring is 1.